The molecule has 0 atom stereocenters. The van der Waals surface area contributed by atoms with E-state index in [9.17, 15) is 14.3 Å². The van der Waals surface area contributed by atoms with Gasteiger partial charge in [-0.3, -0.25) is 0 Å². The molecule has 0 unspecified atom stereocenters. The molecule has 3 N–H and O–H groups in total. The van der Waals surface area contributed by atoms with Gasteiger partial charge in [0.25, 0.3) is 0 Å². The highest BCUT2D eigenvalue weighted by atomic mass is 19.1. The van der Waals surface area contributed by atoms with Crippen molar-refractivity contribution in [1.82, 2.24) is 9.97 Å². The van der Waals surface area contributed by atoms with Crippen molar-refractivity contribution < 1.29 is 14.3 Å². The lowest BCUT2D eigenvalue weighted by Gasteiger charge is -2.11. The Morgan fingerprint density at radius 1 is 1.04 bits per heavy atom. The molecule has 0 saturated heterocycles. The van der Waals surface area contributed by atoms with Crippen LogP contribution in [0.15, 0.2) is 54.6 Å². The van der Waals surface area contributed by atoms with Crippen molar-refractivity contribution in [3.8, 4) is 0 Å². The Hall–Kier alpha value is -3.48. The van der Waals surface area contributed by atoms with Crippen molar-refractivity contribution in [1.29, 1.82) is 0 Å². The fraction of sp³-hybridized carbons (Fsp3) is 0.0556. The number of hydrogen-bond donors (Lipinski definition) is 3. The summed E-state index contributed by atoms with van der Waals surface area (Å²) < 4.78 is 13.3. The summed E-state index contributed by atoms with van der Waals surface area (Å²) in [5.74, 6) is -0.695. The fourth-order valence-electron chi connectivity index (χ4n) is 2.30. The molecule has 6 nitrogen and oxygen atoms in total. The quantitative estimate of drug-likeness (QED) is 0.649. The van der Waals surface area contributed by atoms with Crippen LogP contribution in [0.5, 0.6) is 0 Å². The van der Waals surface area contributed by atoms with Gasteiger partial charge in [0.05, 0.1) is 11.3 Å². The van der Waals surface area contributed by atoms with E-state index in [1.807, 2.05) is 0 Å². The lowest BCUT2D eigenvalue weighted by molar-refractivity contribution is 0.0698. The molecule has 2 aromatic carbocycles. The molecule has 0 spiro atoms. The Labute approximate surface area is 143 Å². The molecule has 25 heavy (non-hydrogen) atoms. The first-order valence-corrected chi connectivity index (χ1v) is 7.49. The molecule has 3 rings (SSSR count). The van der Waals surface area contributed by atoms with Gasteiger partial charge < -0.3 is 15.7 Å². The van der Waals surface area contributed by atoms with Gasteiger partial charge in [-0.1, -0.05) is 18.2 Å². The monoisotopic (exact) mass is 338 g/mol. The number of carbonyl (C=O) groups is 1. The minimum absolute atomic E-state index is 0.137. The highest BCUT2D eigenvalue weighted by Crippen LogP contribution is 2.22. The first-order chi connectivity index (χ1) is 12.0. The summed E-state index contributed by atoms with van der Waals surface area (Å²) in [4.78, 5) is 19.9. The Kier molecular flexibility index (Phi) is 4.56. The summed E-state index contributed by atoms with van der Waals surface area (Å²) in [5.41, 5.74) is 1.75. The lowest BCUT2D eigenvalue weighted by Crippen LogP contribution is -2.05. The molecule has 0 radical (unpaired) electrons. The van der Waals surface area contributed by atoms with Crippen LogP contribution in [0.1, 0.15) is 16.1 Å². The average molecular weight is 338 g/mol. The molecule has 126 valence electrons. The Morgan fingerprint density at radius 3 is 2.60 bits per heavy atom. The summed E-state index contributed by atoms with van der Waals surface area (Å²) in [6.07, 6.45) is 0. The highest BCUT2D eigenvalue weighted by molar-refractivity contribution is 5.95. The van der Waals surface area contributed by atoms with Crippen molar-refractivity contribution in [3.05, 3.63) is 71.7 Å². The number of anilines is 4. The third kappa shape index (κ3) is 4.08. The van der Waals surface area contributed by atoms with Crippen molar-refractivity contribution in [2.24, 2.45) is 0 Å². The van der Waals surface area contributed by atoms with Crippen LogP contribution < -0.4 is 10.6 Å². The largest absolute Gasteiger partial charge is 0.478 e. The van der Waals surface area contributed by atoms with Crippen molar-refractivity contribution in [2.75, 3.05) is 10.6 Å². The van der Waals surface area contributed by atoms with E-state index in [0.717, 1.165) is 0 Å². The number of para-hydroxylation sites is 1. The molecule has 3 aromatic rings. The molecular formula is C18H15FN4O2. The zero-order valence-corrected chi connectivity index (χ0v) is 13.3. The smallest absolute Gasteiger partial charge is 0.337 e. The zero-order chi connectivity index (χ0) is 17.8. The molecule has 0 amide bonds. The molecule has 0 bridgehead atoms. The SMILES string of the molecule is Cc1cc(Nc2ccccc2C(=O)O)nc(Nc2cccc(F)c2)n1. The number of hydrogen-bond acceptors (Lipinski definition) is 5. The van der Waals surface area contributed by atoms with E-state index in [-0.39, 0.29) is 17.3 Å². The van der Waals surface area contributed by atoms with Gasteiger partial charge in [0, 0.05) is 17.4 Å². The standard InChI is InChI=1S/C18H15FN4O2/c1-11-9-16(22-15-8-3-2-7-14(15)17(24)25)23-18(20-11)21-13-6-4-5-12(19)10-13/h2-10H,1H3,(H,24,25)(H2,20,21,22,23). The van der Waals surface area contributed by atoms with E-state index in [2.05, 4.69) is 20.6 Å². The first kappa shape index (κ1) is 16.4. The van der Waals surface area contributed by atoms with Gasteiger partial charge in [0.1, 0.15) is 11.6 Å². The van der Waals surface area contributed by atoms with Crippen LogP contribution in [0.4, 0.5) is 27.5 Å². The third-order valence-electron chi connectivity index (χ3n) is 3.36. The summed E-state index contributed by atoms with van der Waals surface area (Å²) in [6, 6.07) is 14.2. The minimum Gasteiger partial charge on any atom is -0.478 e. The second kappa shape index (κ2) is 6.96. The average Bonchev–Trinajstić information content (AvgIpc) is 2.54. The van der Waals surface area contributed by atoms with E-state index < -0.39 is 5.97 Å². The van der Waals surface area contributed by atoms with Crippen LogP contribution >= 0.6 is 0 Å². The maximum absolute atomic E-state index is 13.3. The van der Waals surface area contributed by atoms with E-state index >= 15 is 0 Å². The molecular weight excluding hydrogens is 323 g/mol. The number of benzene rings is 2. The summed E-state index contributed by atoms with van der Waals surface area (Å²) >= 11 is 0. The van der Waals surface area contributed by atoms with Crippen LogP contribution in [-0.2, 0) is 0 Å². The van der Waals surface area contributed by atoms with Gasteiger partial charge in [0.2, 0.25) is 5.95 Å². The van der Waals surface area contributed by atoms with Gasteiger partial charge in [-0.25, -0.2) is 14.2 Å². The first-order valence-electron chi connectivity index (χ1n) is 7.49. The lowest BCUT2D eigenvalue weighted by atomic mass is 10.2. The molecule has 1 aromatic heterocycles. The van der Waals surface area contributed by atoms with Crippen LogP contribution in [0.25, 0.3) is 0 Å². The molecule has 1 heterocycles. The zero-order valence-electron chi connectivity index (χ0n) is 13.3. The molecule has 0 aliphatic carbocycles. The van der Waals surface area contributed by atoms with Gasteiger partial charge in [-0.15, -0.1) is 0 Å². The number of rotatable bonds is 5. The number of aromatic carboxylic acids is 1. The van der Waals surface area contributed by atoms with Crippen molar-refractivity contribution in [2.45, 2.75) is 6.92 Å². The Balaban J connectivity index is 1.88. The molecule has 0 fully saturated rings. The fourth-order valence-corrected chi connectivity index (χ4v) is 2.30. The van der Waals surface area contributed by atoms with E-state index in [1.54, 1.807) is 43.3 Å². The second-order valence-electron chi connectivity index (χ2n) is 5.33. The predicted molar refractivity (Wildman–Crippen MR) is 93.1 cm³/mol. The summed E-state index contributed by atoms with van der Waals surface area (Å²) in [7, 11) is 0. The van der Waals surface area contributed by atoms with Crippen LogP contribution in [0, 0.1) is 12.7 Å². The number of nitrogens with one attached hydrogen (secondary N) is 2. The molecule has 0 aliphatic heterocycles. The van der Waals surface area contributed by atoms with Gasteiger partial charge in [0.15, 0.2) is 0 Å². The van der Waals surface area contributed by atoms with E-state index in [0.29, 0.717) is 22.9 Å². The topological polar surface area (TPSA) is 87.1 Å². The Morgan fingerprint density at radius 2 is 1.84 bits per heavy atom. The molecule has 0 saturated carbocycles. The number of aryl methyl sites for hydroxylation is 1. The maximum Gasteiger partial charge on any atom is 0.337 e. The van der Waals surface area contributed by atoms with Gasteiger partial charge in [-0.2, -0.15) is 4.98 Å². The highest BCUT2D eigenvalue weighted by Gasteiger charge is 2.10. The van der Waals surface area contributed by atoms with Crippen LogP contribution in [0.3, 0.4) is 0 Å². The Bertz CT molecular complexity index is 930. The normalized spacial score (nSPS) is 10.3. The second-order valence-corrected chi connectivity index (χ2v) is 5.33. The van der Waals surface area contributed by atoms with Crippen molar-refractivity contribution in [3.63, 3.8) is 0 Å². The van der Waals surface area contributed by atoms with Gasteiger partial charge >= 0.3 is 5.97 Å². The van der Waals surface area contributed by atoms with Gasteiger partial charge in [-0.05, 0) is 37.3 Å². The third-order valence-corrected chi connectivity index (χ3v) is 3.36. The number of aromatic nitrogens is 2. The predicted octanol–water partition coefficient (Wildman–Crippen LogP) is 4.11. The number of carboxylic acid groups (broad SMARTS) is 1. The number of nitrogens with zero attached hydrogens (tertiary/aromatic N) is 2. The van der Waals surface area contributed by atoms with Crippen molar-refractivity contribution >= 4 is 29.1 Å². The summed E-state index contributed by atoms with van der Waals surface area (Å²) in [5, 5.41) is 15.2. The number of carboxylic acids is 1. The maximum atomic E-state index is 13.3. The van der Waals surface area contributed by atoms with Crippen LogP contribution in [0.2, 0.25) is 0 Å². The van der Waals surface area contributed by atoms with E-state index in [1.165, 1.54) is 18.2 Å². The van der Waals surface area contributed by atoms with E-state index in [4.69, 9.17) is 0 Å². The molecule has 0 aliphatic rings. The number of halogens is 1. The van der Waals surface area contributed by atoms with Crippen LogP contribution in [-0.4, -0.2) is 21.0 Å². The summed E-state index contributed by atoms with van der Waals surface area (Å²) in [6.45, 7) is 1.78. The molecule has 7 heteroatoms. The minimum atomic E-state index is -1.04.